The third kappa shape index (κ3) is 4.06. The van der Waals surface area contributed by atoms with E-state index in [1.165, 1.54) is 12.1 Å². The second-order valence-corrected chi connectivity index (χ2v) is 7.07. The van der Waals surface area contributed by atoms with E-state index in [2.05, 4.69) is 10.6 Å². The van der Waals surface area contributed by atoms with Gasteiger partial charge in [0.1, 0.15) is 11.6 Å². The maximum atomic E-state index is 13.8. The van der Waals surface area contributed by atoms with E-state index in [1.807, 2.05) is 0 Å². The lowest BCUT2D eigenvalue weighted by Crippen LogP contribution is -2.46. The molecule has 4 rings (SSSR count). The first-order chi connectivity index (χ1) is 14.0. The number of ether oxygens (including phenoxy) is 1. The second-order valence-electron chi connectivity index (χ2n) is 7.07. The summed E-state index contributed by atoms with van der Waals surface area (Å²) in [5, 5.41) is 5.65. The monoisotopic (exact) mass is 397 g/mol. The van der Waals surface area contributed by atoms with Crippen LogP contribution in [0, 0.1) is 5.82 Å². The van der Waals surface area contributed by atoms with Crippen molar-refractivity contribution in [1.82, 2.24) is 10.2 Å². The predicted molar refractivity (Wildman–Crippen MR) is 103 cm³/mol. The van der Waals surface area contributed by atoms with Crippen molar-refractivity contribution < 1.29 is 23.5 Å². The first-order valence-corrected chi connectivity index (χ1v) is 9.42. The first kappa shape index (κ1) is 18.9. The van der Waals surface area contributed by atoms with Crippen LogP contribution in [0.2, 0.25) is 0 Å². The summed E-state index contributed by atoms with van der Waals surface area (Å²) in [6.07, 6.45) is 1.17. The van der Waals surface area contributed by atoms with Gasteiger partial charge in [-0.1, -0.05) is 12.1 Å². The number of halogens is 1. The van der Waals surface area contributed by atoms with Crippen LogP contribution in [0.4, 0.5) is 10.1 Å². The minimum atomic E-state index is -0.529. The molecular formula is C21H20FN3O4. The van der Waals surface area contributed by atoms with Gasteiger partial charge in [0.25, 0.3) is 17.7 Å². The quantitative estimate of drug-likeness (QED) is 0.831. The molecule has 0 aliphatic carbocycles. The molecule has 150 valence electrons. The molecule has 0 bridgehead atoms. The summed E-state index contributed by atoms with van der Waals surface area (Å²) < 4.78 is 19.2. The third-order valence-corrected chi connectivity index (χ3v) is 5.10. The van der Waals surface area contributed by atoms with Crippen molar-refractivity contribution in [2.24, 2.45) is 0 Å². The molecule has 0 spiro atoms. The molecule has 0 saturated carbocycles. The van der Waals surface area contributed by atoms with Gasteiger partial charge in [0.15, 0.2) is 6.61 Å². The molecule has 29 heavy (non-hydrogen) atoms. The molecule has 1 saturated heterocycles. The zero-order chi connectivity index (χ0) is 20.4. The molecule has 8 heteroatoms. The van der Waals surface area contributed by atoms with Crippen LogP contribution in [0.15, 0.2) is 42.5 Å². The molecule has 3 amide bonds. The number of hydrogen-bond donors (Lipinski definition) is 2. The van der Waals surface area contributed by atoms with Gasteiger partial charge in [-0.2, -0.15) is 0 Å². The molecule has 2 heterocycles. The summed E-state index contributed by atoms with van der Waals surface area (Å²) >= 11 is 0. The Kier molecular flexibility index (Phi) is 5.16. The van der Waals surface area contributed by atoms with Crippen LogP contribution in [0.5, 0.6) is 5.75 Å². The smallest absolute Gasteiger partial charge is 0.262 e. The van der Waals surface area contributed by atoms with Gasteiger partial charge < -0.3 is 20.3 Å². The number of carbonyl (C=O) groups excluding carboxylic acids is 3. The van der Waals surface area contributed by atoms with Crippen molar-refractivity contribution in [1.29, 1.82) is 0 Å². The molecule has 2 aliphatic heterocycles. The fraction of sp³-hybridized carbons (Fsp3) is 0.286. The fourth-order valence-corrected chi connectivity index (χ4v) is 3.52. The van der Waals surface area contributed by atoms with Gasteiger partial charge in [0.2, 0.25) is 0 Å². The zero-order valence-electron chi connectivity index (χ0n) is 15.6. The topological polar surface area (TPSA) is 87.7 Å². The lowest BCUT2D eigenvalue weighted by atomic mass is 10.0. The molecule has 0 atom stereocenters. The average molecular weight is 397 g/mol. The fourth-order valence-electron chi connectivity index (χ4n) is 3.52. The molecule has 2 aromatic rings. The van der Waals surface area contributed by atoms with Gasteiger partial charge in [-0.05, 0) is 43.2 Å². The highest BCUT2D eigenvalue weighted by Crippen LogP contribution is 2.28. The lowest BCUT2D eigenvalue weighted by molar-refractivity contribution is -0.118. The number of hydrogen-bond acceptors (Lipinski definition) is 4. The lowest BCUT2D eigenvalue weighted by Gasteiger charge is -2.32. The number of benzene rings is 2. The van der Waals surface area contributed by atoms with E-state index in [0.717, 1.165) is 0 Å². The predicted octanol–water partition coefficient (Wildman–Crippen LogP) is 2.19. The molecule has 2 N–H and O–H groups in total. The van der Waals surface area contributed by atoms with E-state index in [1.54, 1.807) is 35.2 Å². The van der Waals surface area contributed by atoms with Gasteiger partial charge in [0, 0.05) is 24.7 Å². The molecule has 0 radical (unpaired) electrons. The number of nitrogens with zero attached hydrogens (tertiary/aromatic N) is 1. The summed E-state index contributed by atoms with van der Waals surface area (Å²) in [7, 11) is 0. The normalized spacial score (nSPS) is 16.4. The Labute approximate surface area is 166 Å². The number of likely N-dealkylation sites (tertiary alicyclic amines) is 1. The minimum Gasteiger partial charge on any atom is -0.482 e. The number of rotatable bonds is 3. The molecule has 7 nitrogen and oxygen atoms in total. The zero-order valence-corrected chi connectivity index (χ0v) is 15.6. The van der Waals surface area contributed by atoms with Crippen LogP contribution < -0.4 is 15.4 Å². The Balaban J connectivity index is 1.34. The van der Waals surface area contributed by atoms with Gasteiger partial charge in [-0.15, -0.1) is 0 Å². The number of fused-ring (bicyclic) bond motifs is 1. The highest BCUT2D eigenvalue weighted by molar-refractivity contribution is 5.99. The highest BCUT2D eigenvalue weighted by Gasteiger charge is 2.26. The number of carbonyl (C=O) groups is 3. The van der Waals surface area contributed by atoms with E-state index in [-0.39, 0.29) is 35.9 Å². The van der Waals surface area contributed by atoms with Gasteiger partial charge in [-0.3, -0.25) is 14.4 Å². The van der Waals surface area contributed by atoms with Crippen LogP contribution in [-0.4, -0.2) is 48.4 Å². The summed E-state index contributed by atoms with van der Waals surface area (Å²) in [5.74, 6) is -0.873. The van der Waals surface area contributed by atoms with E-state index < -0.39 is 5.82 Å². The third-order valence-electron chi connectivity index (χ3n) is 5.10. The van der Waals surface area contributed by atoms with Gasteiger partial charge in [-0.25, -0.2) is 4.39 Å². The Hall–Kier alpha value is -3.42. The number of piperidine rings is 1. The highest BCUT2D eigenvalue weighted by atomic mass is 19.1. The maximum Gasteiger partial charge on any atom is 0.262 e. The Morgan fingerprint density at radius 1 is 1.14 bits per heavy atom. The van der Waals surface area contributed by atoms with E-state index in [9.17, 15) is 18.8 Å². The maximum absolute atomic E-state index is 13.8. The Morgan fingerprint density at radius 2 is 1.90 bits per heavy atom. The van der Waals surface area contributed by atoms with Crippen molar-refractivity contribution in [3.63, 3.8) is 0 Å². The number of nitrogens with one attached hydrogen (secondary N) is 2. The van der Waals surface area contributed by atoms with E-state index >= 15 is 0 Å². The minimum absolute atomic E-state index is 0.0659. The van der Waals surface area contributed by atoms with Crippen LogP contribution in [-0.2, 0) is 4.79 Å². The summed E-state index contributed by atoms with van der Waals surface area (Å²) in [4.78, 5) is 38.0. The van der Waals surface area contributed by atoms with Gasteiger partial charge >= 0.3 is 0 Å². The van der Waals surface area contributed by atoms with Crippen LogP contribution in [0.3, 0.4) is 0 Å². The largest absolute Gasteiger partial charge is 0.482 e. The molecule has 2 aliphatic rings. The van der Waals surface area contributed by atoms with Crippen molar-refractivity contribution in [3.8, 4) is 5.75 Å². The summed E-state index contributed by atoms with van der Waals surface area (Å²) in [6, 6.07) is 10.7. The first-order valence-electron chi connectivity index (χ1n) is 9.42. The van der Waals surface area contributed by atoms with E-state index in [0.29, 0.717) is 42.9 Å². The average Bonchev–Trinajstić information content (AvgIpc) is 2.73. The van der Waals surface area contributed by atoms with Crippen molar-refractivity contribution in [2.45, 2.75) is 18.9 Å². The van der Waals surface area contributed by atoms with E-state index in [4.69, 9.17) is 4.74 Å². The van der Waals surface area contributed by atoms with Gasteiger partial charge in [0.05, 0.1) is 11.3 Å². The standard InChI is InChI=1S/C21H20FN3O4/c22-16-4-2-1-3-15(16)21(28)25-9-7-14(8-10-25)23-20(27)13-5-6-17-18(11-13)29-12-19(26)24-17/h1-6,11,14H,7-10,12H2,(H,23,27)(H,24,26). The summed E-state index contributed by atoms with van der Waals surface area (Å²) in [5.41, 5.74) is 1.04. The molecule has 1 fully saturated rings. The van der Waals surface area contributed by atoms with Crippen molar-refractivity contribution in [2.75, 3.05) is 25.0 Å². The molecular weight excluding hydrogens is 377 g/mol. The van der Waals surface area contributed by atoms with Crippen LogP contribution in [0.1, 0.15) is 33.6 Å². The molecule has 0 aromatic heterocycles. The molecule has 0 unspecified atom stereocenters. The number of amides is 3. The van der Waals surface area contributed by atoms with Crippen LogP contribution >= 0.6 is 0 Å². The summed E-state index contributed by atoms with van der Waals surface area (Å²) in [6.45, 7) is 0.807. The number of anilines is 1. The van der Waals surface area contributed by atoms with Crippen molar-refractivity contribution >= 4 is 23.4 Å². The van der Waals surface area contributed by atoms with Crippen molar-refractivity contribution in [3.05, 3.63) is 59.4 Å². The SMILES string of the molecule is O=C1COc2cc(C(=O)NC3CCN(C(=O)c4ccccc4F)CC3)ccc2N1. The second kappa shape index (κ2) is 7.90. The Bertz CT molecular complexity index is 970. The van der Waals surface area contributed by atoms with Crippen LogP contribution in [0.25, 0.3) is 0 Å². The Morgan fingerprint density at radius 3 is 2.66 bits per heavy atom. The molecule has 2 aromatic carbocycles.